The van der Waals surface area contributed by atoms with Crippen molar-refractivity contribution in [3.8, 4) is 0 Å². The van der Waals surface area contributed by atoms with Gasteiger partial charge in [0, 0.05) is 13.1 Å². The van der Waals surface area contributed by atoms with E-state index >= 15 is 0 Å². The van der Waals surface area contributed by atoms with Gasteiger partial charge in [-0.1, -0.05) is 31.2 Å². The van der Waals surface area contributed by atoms with E-state index in [1.165, 1.54) is 11.1 Å². The molecule has 1 spiro atoms. The normalized spacial score (nSPS) is 22.4. The first-order chi connectivity index (χ1) is 14.0. The number of morpholine rings is 1. The highest BCUT2D eigenvalue weighted by molar-refractivity contribution is 7.91. The lowest BCUT2D eigenvalue weighted by atomic mass is 9.93. The van der Waals surface area contributed by atoms with Crippen LogP contribution in [-0.2, 0) is 33.1 Å². The molecule has 1 aliphatic carbocycles. The molecule has 1 aliphatic heterocycles. The lowest BCUT2D eigenvalue weighted by Gasteiger charge is -2.40. The number of aryl methyl sites for hydroxylation is 1. The molecule has 0 N–H and O–H groups in total. The molecule has 29 heavy (non-hydrogen) atoms. The SMILES string of the molecule is CCS(=O)(=O)c1ccc2oc(CN3CCOC4(CCc5ccccc54)C3)nc2c1. The smallest absolute Gasteiger partial charge is 0.209 e. The quantitative estimate of drug-likeness (QED) is 0.655. The molecule has 2 aromatic carbocycles. The summed E-state index contributed by atoms with van der Waals surface area (Å²) in [4.78, 5) is 7.17. The summed E-state index contributed by atoms with van der Waals surface area (Å²) in [6, 6.07) is 13.4. The Morgan fingerprint density at radius 3 is 2.93 bits per heavy atom. The van der Waals surface area contributed by atoms with E-state index in [1.807, 2.05) is 0 Å². The van der Waals surface area contributed by atoms with Crippen molar-refractivity contribution in [2.45, 2.75) is 36.8 Å². The Morgan fingerprint density at radius 2 is 2.07 bits per heavy atom. The van der Waals surface area contributed by atoms with Gasteiger partial charge in [-0.2, -0.15) is 0 Å². The second-order valence-corrected chi connectivity index (χ2v) is 10.1. The number of rotatable bonds is 4. The molecular weight excluding hydrogens is 388 g/mol. The fourth-order valence-electron chi connectivity index (χ4n) is 4.53. The second kappa shape index (κ2) is 6.93. The summed E-state index contributed by atoms with van der Waals surface area (Å²) in [7, 11) is -3.26. The molecule has 6 nitrogen and oxygen atoms in total. The molecule has 2 heterocycles. The van der Waals surface area contributed by atoms with Crippen LogP contribution in [0.1, 0.15) is 30.4 Å². The number of sulfone groups is 1. The average molecular weight is 413 g/mol. The summed E-state index contributed by atoms with van der Waals surface area (Å²) < 4.78 is 36.5. The highest BCUT2D eigenvalue weighted by atomic mass is 32.2. The number of ether oxygens (including phenoxy) is 1. The molecule has 7 heteroatoms. The van der Waals surface area contributed by atoms with Gasteiger partial charge in [-0.05, 0) is 42.2 Å². The van der Waals surface area contributed by atoms with Crippen LogP contribution in [0.2, 0.25) is 0 Å². The van der Waals surface area contributed by atoms with E-state index in [9.17, 15) is 8.42 Å². The third kappa shape index (κ3) is 3.27. The number of aromatic nitrogens is 1. The van der Waals surface area contributed by atoms with E-state index in [0.29, 0.717) is 35.0 Å². The molecule has 2 aliphatic rings. The predicted molar refractivity (Wildman–Crippen MR) is 109 cm³/mol. The van der Waals surface area contributed by atoms with Gasteiger partial charge in [0.05, 0.1) is 23.8 Å². The fraction of sp³-hybridized carbons (Fsp3) is 0.409. The zero-order valence-corrected chi connectivity index (χ0v) is 17.2. The van der Waals surface area contributed by atoms with Gasteiger partial charge in [-0.3, -0.25) is 4.90 Å². The molecule has 3 aromatic rings. The molecule has 0 radical (unpaired) electrons. The van der Waals surface area contributed by atoms with Crippen molar-refractivity contribution in [2.24, 2.45) is 0 Å². The Hall–Kier alpha value is -2.22. The Kier molecular flexibility index (Phi) is 4.49. The van der Waals surface area contributed by atoms with E-state index in [-0.39, 0.29) is 11.4 Å². The predicted octanol–water partition coefficient (Wildman–Crippen LogP) is 3.30. The fourth-order valence-corrected chi connectivity index (χ4v) is 5.43. The number of fused-ring (bicyclic) bond motifs is 3. The molecule has 0 bridgehead atoms. The van der Waals surface area contributed by atoms with Crippen LogP contribution in [0.25, 0.3) is 11.1 Å². The first-order valence-electron chi connectivity index (χ1n) is 10.1. The molecule has 0 amide bonds. The van der Waals surface area contributed by atoms with Crippen molar-refractivity contribution >= 4 is 20.9 Å². The monoisotopic (exact) mass is 412 g/mol. The molecule has 152 valence electrons. The summed E-state index contributed by atoms with van der Waals surface area (Å²) in [6.45, 7) is 4.52. The molecule has 1 aromatic heterocycles. The van der Waals surface area contributed by atoms with Crippen LogP contribution in [0, 0.1) is 0 Å². The Balaban J connectivity index is 1.38. The maximum absolute atomic E-state index is 12.1. The zero-order valence-electron chi connectivity index (χ0n) is 16.4. The zero-order chi connectivity index (χ0) is 20.1. The van der Waals surface area contributed by atoms with Crippen molar-refractivity contribution in [1.82, 2.24) is 9.88 Å². The van der Waals surface area contributed by atoms with Crippen molar-refractivity contribution in [3.63, 3.8) is 0 Å². The standard InChI is InChI=1S/C22H24N2O4S/c1-2-29(25,26)17-7-8-20-19(13-17)23-21(28-20)14-24-11-12-27-22(15-24)10-9-16-5-3-4-6-18(16)22/h3-8,13H,2,9-12,14-15H2,1H3. The minimum Gasteiger partial charge on any atom is -0.439 e. The highest BCUT2D eigenvalue weighted by Crippen LogP contribution is 2.42. The molecule has 5 rings (SSSR count). The number of oxazole rings is 1. The maximum Gasteiger partial charge on any atom is 0.209 e. The molecular formula is C22H24N2O4S. The summed E-state index contributed by atoms with van der Waals surface area (Å²) in [5, 5.41) is 0. The van der Waals surface area contributed by atoms with E-state index in [1.54, 1.807) is 25.1 Å². The van der Waals surface area contributed by atoms with Gasteiger partial charge in [0.2, 0.25) is 5.89 Å². The number of hydrogen-bond donors (Lipinski definition) is 0. The Morgan fingerprint density at radius 1 is 1.21 bits per heavy atom. The van der Waals surface area contributed by atoms with E-state index in [4.69, 9.17) is 9.15 Å². The molecule has 0 saturated carbocycles. The van der Waals surface area contributed by atoms with E-state index in [2.05, 4.69) is 34.1 Å². The topological polar surface area (TPSA) is 72.6 Å². The lowest BCUT2D eigenvalue weighted by Crippen LogP contribution is -2.48. The summed E-state index contributed by atoms with van der Waals surface area (Å²) >= 11 is 0. The molecule has 1 saturated heterocycles. The Labute approximate surface area is 170 Å². The van der Waals surface area contributed by atoms with Crippen molar-refractivity contribution in [3.05, 3.63) is 59.5 Å². The van der Waals surface area contributed by atoms with Gasteiger partial charge in [-0.25, -0.2) is 13.4 Å². The van der Waals surface area contributed by atoms with Crippen molar-refractivity contribution in [2.75, 3.05) is 25.4 Å². The van der Waals surface area contributed by atoms with Crippen molar-refractivity contribution in [1.29, 1.82) is 0 Å². The Bertz CT molecular complexity index is 1170. The third-order valence-corrected chi connectivity index (χ3v) is 7.80. The first-order valence-corrected chi connectivity index (χ1v) is 11.7. The van der Waals surface area contributed by atoms with Gasteiger partial charge in [0.25, 0.3) is 0 Å². The largest absolute Gasteiger partial charge is 0.439 e. The summed E-state index contributed by atoms with van der Waals surface area (Å²) in [5.41, 5.74) is 3.63. The van der Waals surface area contributed by atoms with Gasteiger partial charge in [0.1, 0.15) is 11.1 Å². The second-order valence-electron chi connectivity index (χ2n) is 7.85. The van der Waals surface area contributed by atoms with Crippen LogP contribution >= 0.6 is 0 Å². The average Bonchev–Trinajstić information content (AvgIpc) is 3.29. The van der Waals surface area contributed by atoms with Crippen molar-refractivity contribution < 1.29 is 17.6 Å². The van der Waals surface area contributed by atoms with Gasteiger partial charge in [-0.15, -0.1) is 0 Å². The molecule has 1 unspecified atom stereocenters. The summed E-state index contributed by atoms with van der Waals surface area (Å²) in [6.07, 6.45) is 2.04. The third-order valence-electron chi connectivity index (χ3n) is 6.07. The van der Waals surface area contributed by atoms with E-state index < -0.39 is 9.84 Å². The van der Waals surface area contributed by atoms with Crippen LogP contribution in [-0.4, -0.2) is 43.8 Å². The lowest BCUT2D eigenvalue weighted by molar-refractivity contribution is -0.117. The van der Waals surface area contributed by atoms with Crippen LogP contribution in [0.3, 0.4) is 0 Å². The van der Waals surface area contributed by atoms with E-state index in [0.717, 1.165) is 25.9 Å². The minimum absolute atomic E-state index is 0.0700. The van der Waals surface area contributed by atoms with Gasteiger partial charge in [0.15, 0.2) is 15.4 Å². The maximum atomic E-state index is 12.1. The molecule has 1 fully saturated rings. The minimum atomic E-state index is -3.26. The first kappa shape index (κ1) is 18.8. The van der Waals surface area contributed by atoms with Crippen LogP contribution in [0.4, 0.5) is 0 Å². The number of nitrogens with zero attached hydrogens (tertiary/aromatic N) is 2. The van der Waals surface area contributed by atoms with Crippen LogP contribution in [0.5, 0.6) is 0 Å². The van der Waals surface area contributed by atoms with Crippen LogP contribution in [0.15, 0.2) is 51.8 Å². The summed E-state index contributed by atoms with van der Waals surface area (Å²) in [5.74, 6) is 0.676. The number of benzene rings is 2. The van der Waals surface area contributed by atoms with Gasteiger partial charge >= 0.3 is 0 Å². The van der Waals surface area contributed by atoms with Crippen LogP contribution < -0.4 is 0 Å². The molecule has 1 atom stereocenters. The highest BCUT2D eigenvalue weighted by Gasteiger charge is 2.43. The van der Waals surface area contributed by atoms with Gasteiger partial charge < -0.3 is 9.15 Å². The number of hydrogen-bond acceptors (Lipinski definition) is 6.